The Morgan fingerprint density at radius 2 is 1.98 bits per heavy atom. The third-order valence-corrected chi connectivity index (χ3v) is 9.34. The first-order valence-corrected chi connectivity index (χ1v) is 15.5. The molecule has 228 valence electrons. The van der Waals surface area contributed by atoms with Gasteiger partial charge >= 0.3 is 0 Å². The summed E-state index contributed by atoms with van der Waals surface area (Å²) in [6, 6.07) is 8.42. The average molecular weight is 631 g/mol. The highest BCUT2D eigenvalue weighted by molar-refractivity contribution is 7.14. The van der Waals surface area contributed by atoms with Crippen molar-refractivity contribution in [1.29, 1.82) is 0 Å². The summed E-state index contributed by atoms with van der Waals surface area (Å²) in [6.45, 7) is 3.93. The summed E-state index contributed by atoms with van der Waals surface area (Å²) in [6.07, 6.45) is 4.39. The molecule has 6 rings (SSSR count). The maximum atomic E-state index is 14.4. The molecule has 2 aliphatic heterocycles. The number of thiazole rings is 1. The van der Waals surface area contributed by atoms with E-state index in [0.717, 1.165) is 64.4 Å². The lowest BCUT2D eigenvalue weighted by Gasteiger charge is -2.40. The predicted molar refractivity (Wildman–Crippen MR) is 161 cm³/mol. The molecular formula is C31H33ClF2N4O4S. The monoisotopic (exact) mass is 630 g/mol. The van der Waals surface area contributed by atoms with Crippen LogP contribution < -0.4 is 24.8 Å². The Bertz CT molecular complexity index is 1550. The standard InChI is InChI=1S/C31H33ClF2N4O4S/c1-17-18(4-3-5-25(17)40-2)16-38(20-6-7-20)30(39)27-21(12-19-13-35-14-24(27)37-19)26-15-36-31(43-26)42-11-10-41-29-23(33)9-8-22(32)28(29)34/h3-5,8-9,15,19-20,24,35,37H,6-7,10-14,16H2,1-2H3/t19?,24-/m1/s1. The van der Waals surface area contributed by atoms with E-state index in [1.807, 2.05) is 24.0 Å². The first-order chi connectivity index (χ1) is 20.8. The molecular weight excluding hydrogens is 598 g/mol. The van der Waals surface area contributed by atoms with Crippen LogP contribution in [0.25, 0.3) is 5.57 Å². The molecule has 2 fully saturated rings. The number of aromatic nitrogens is 1. The molecule has 1 aromatic heterocycles. The van der Waals surface area contributed by atoms with Crippen LogP contribution in [0.3, 0.4) is 0 Å². The van der Waals surface area contributed by atoms with Gasteiger partial charge in [-0.05, 0) is 61.1 Å². The van der Waals surface area contributed by atoms with Crippen LogP contribution in [0.4, 0.5) is 8.78 Å². The lowest BCUT2D eigenvalue weighted by Crippen LogP contribution is -2.59. The van der Waals surface area contributed by atoms with Crippen LogP contribution in [0.2, 0.25) is 5.02 Å². The van der Waals surface area contributed by atoms with Gasteiger partial charge in [0.1, 0.15) is 19.0 Å². The minimum atomic E-state index is -0.949. The molecule has 2 atom stereocenters. The van der Waals surface area contributed by atoms with Crippen molar-refractivity contribution in [3.8, 4) is 16.7 Å². The molecule has 0 spiro atoms. The van der Waals surface area contributed by atoms with Crippen LogP contribution in [0.15, 0.2) is 42.1 Å². The first kappa shape index (κ1) is 29.8. The van der Waals surface area contributed by atoms with Crippen molar-refractivity contribution in [2.45, 2.75) is 50.9 Å². The topological polar surface area (TPSA) is 85.0 Å². The van der Waals surface area contributed by atoms with Gasteiger partial charge < -0.3 is 29.7 Å². The van der Waals surface area contributed by atoms with Crippen molar-refractivity contribution >= 4 is 34.4 Å². The molecule has 2 aromatic carbocycles. The third kappa shape index (κ3) is 6.35. The number of rotatable bonds is 11. The van der Waals surface area contributed by atoms with E-state index in [2.05, 4.69) is 21.7 Å². The smallest absolute Gasteiger partial charge is 0.273 e. The lowest BCUT2D eigenvalue weighted by atomic mass is 9.86. The number of nitrogens with zero attached hydrogens (tertiary/aromatic N) is 2. The molecule has 2 bridgehead atoms. The number of halogens is 3. The van der Waals surface area contributed by atoms with Crippen molar-refractivity contribution in [1.82, 2.24) is 20.5 Å². The number of hydrogen-bond donors (Lipinski definition) is 2. The highest BCUT2D eigenvalue weighted by Gasteiger charge is 2.41. The number of ether oxygens (including phenoxy) is 3. The molecule has 1 unspecified atom stereocenters. The van der Waals surface area contributed by atoms with Gasteiger partial charge in [-0.15, -0.1) is 0 Å². The summed E-state index contributed by atoms with van der Waals surface area (Å²) >= 11 is 7.08. The Hall–Kier alpha value is -3.25. The molecule has 3 aliphatic rings. The Labute approximate surface area is 258 Å². The zero-order valence-electron chi connectivity index (χ0n) is 23.9. The summed E-state index contributed by atoms with van der Waals surface area (Å²) in [7, 11) is 1.66. The fourth-order valence-corrected chi connectivity index (χ4v) is 6.73. The van der Waals surface area contributed by atoms with Crippen LogP contribution in [-0.4, -0.2) is 67.3 Å². The van der Waals surface area contributed by atoms with Gasteiger partial charge in [-0.2, -0.15) is 0 Å². The number of nitrogens with one attached hydrogen (secondary N) is 2. The van der Waals surface area contributed by atoms with Crippen LogP contribution in [0.1, 0.15) is 35.3 Å². The number of amides is 1. The normalized spacial score (nSPS) is 19.7. The van der Waals surface area contributed by atoms with Crippen molar-refractivity contribution in [3.63, 3.8) is 0 Å². The summed E-state index contributed by atoms with van der Waals surface area (Å²) < 4.78 is 44.6. The highest BCUT2D eigenvalue weighted by Crippen LogP contribution is 2.39. The summed E-state index contributed by atoms with van der Waals surface area (Å²) in [5, 5.41) is 7.28. The molecule has 1 saturated carbocycles. The van der Waals surface area contributed by atoms with Gasteiger partial charge in [0.25, 0.3) is 11.1 Å². The van der Waals surface area contributed by atoms with Gasteiger partial charge in [-0.1, -0.05) is 35.1 Å². The Morgan fingerprint density at radius 3 is 2.77 bits per heavy atom. The van der Waals surface area contributed by atoms with Crippen LogP contribution in [0.5, 0.6) is 16.7 Å². The van der Waals surface area contributed by atoms with E-state index in [1.165, 1.54) is 11.3 Å². The van der Waals surface area contributed by atoms with Crippen LogP contribution in [0, 0.1) is 18.6 Å². The minimum absolute atomic E-state index is 0.0231. The quantitative estimate of drug-likeness (QED) is 0.225. The SMILES string of the molecule is COc1cccc(CN(C(=O)C2=C(c3cnc(OCCOc4c(F)ccc(Cl)c4F)s3)CC3CNC[C@H]2N3)C2CC2)c1C. The second-order valence-electron chi connectivity index (χ2n) is 10.9. The number of benzene rings is 2. The van der Waals surface area contributed by atoms with E-state index in [4.69, 9.17) is 25.8 Å². The molecule has 3 heterocycles. The van der Waals surface area contributed by atoms with Gasteiger partial charge in [-0.3, -0.25) is 4.79 Å². The van der Waals surface area contributed by atoms with E-state index in [-0.39, 0.29) is 42.3 Å². The van der Waals surface area contributed by atoms with E-state index in [1.54, 1.807) is 13.3 Å². The van der Waals surface area contributed by atoms with Crippen LogP contribution in [-0.2, 0) is 11.3 Å². The van der Waals surface area contributed by atoms with Gasteiger partial charge in [0.15, 0.2) is 17.4 Å². The van der Waals surface area contributed by atoms with E-state index in [0.29, 0.717) is 24.7 Å². The van der Waals surface area contributed by atoms with Gasteiger partial charge in [0.05, 0.1) is 23.1 Å². The summed E-state index contributed by atoms with van der Waals surface area (Å²) in [5.74, 6) is -1.48. The number of carbonyl (C=O) groups is 1. The van der Waals surface area contributed by atoms with E-state index in [9.17, 15) is 13.6 Å². The number of methoxy groups -OCH3 is 1. The molecule has 43 heavy (non-hydrogen) atoms. The fraction of sp³-hybridized carbons (Fsp3) is 0.419. The Balaban J connectivity index is 1.21. The molecule has 3 aromatic rings. The highest BCUT2D eigenvalue weighted by atomic mass is 35.5. The minimum Gasteiger partial charge on any atom is -0.496 e. The van der Waals surface area contributed by atoms with E-state index < -0.39 is 17.4 Å². The first-order valence-electron chi connectivity index (χ1n) is 14.3. The molecule has 8 nitrogen and oxygen atoms in total. The van der Waals surface area contributed by atoms with Crippen LogP contribution >= 0.6 is 22.9 Å². The lowest BCUT2D eigenvalue weighted by molar-refractivity contribution is -0.128. The zero-order chi connectivity index (χ0) is 30.1. The van der Waals surface area contributed by atoms with Gasteiger partial charge in [-0.25, -0.2) is 13.8 Å². The van der Waals surface area contributed by atoms with Crippen molar-refractivity contribution in [2.24, 2.45) is 0 Å². The molecule has 12 heteroatoms. The van der Waals surface area contributed by atoms with Crippen molar-refractivity contribution < 1.29 is 27.8 Å². The molecule has 2 N–H and O–H groups in total. The average Bonchev–Trinajstić information content (AvgIpc) is 3.74. The second kappa shape index (κ2) is 12.8. The predicted octanol–water partition coefficient (Wildman–Crippen LogP) is 5.13. The third-order valence-electron chi connectivity index (χ3n) is 8.08. The fourth-order valence-electron chi connectivity index (χ4n) is 5.72. The number of piperazine rings is 1. The van der Waals surface area contributed by atoms with Gasteiger partial charge in [0.2, 0.25) is 0 Å². The number of hydrogen-bond acceptors (Lipinski definition) is 8. The Kier molecular flexibility index (Phi) is 8.85. The second-order valence-corrected chi connectivity index (χ2v) is 12.3. The maximum Gasteiger partial charge on any atom is 0.273 e. The van der Waals surface area contributed by atoms with Crippen molar-refractivity contribution in [2.75, 3.05) is 33.4 Å². The van der Waals surface area contributed by atoms with E-state index >= 15 is 0 Å². The Morgan fingerprint density at radius 1 is 1.16 bits per heavy atom. The summed E-state index contributed by atoms with van der Waals surface area (Å²) in [4.78, 5) is 21.7. The molecule has 0 radical (unpaired) electrons. The largest absolute Gasteiger partial charge is 0.496 e. The molecule has 1 aliphatic carbocycles. The maximum absolute atomic E-state index is 14.4. The zero-order valence-corrected chi connectivity index (χ0v) is 25.5. The number of fused-ring (bicyclic) bond motifs is 2. The summed E-state index contributed by atoms with van der Waals surface area (Å²) in [5.41, 5.74) is 3.85. The number of carbonyl (C=O) groups excluding carboxylic acids is 1. The molecule has 1 saturated heterocycles. The van der Waals surface area contributed by atoms with Gasteiger partial charge in [0, 0.05) is 43.5 Å². The van der Waals surface area contributed by atoms with Crippen molar-refractivity contribution in [3.05, 3.63) is 74.8 Å². The molecule has 1 amide bonds.